The molecular formula is C13H14N2OS. The molecule has 0 unspecified atom stereocenters. The number of ether oxygens (including phenoxy) is 1. The Bertz CT molecular complexity index is 578. The summed E-state index contributed by atoms with van der Waals surface area (Å²) in [6.07, 6.45) is 0. The maximum Gasteiger partial charge on any atom is 0.134 e. The monoisotopic (exact) mass is 246 g/mol. The number of hydrogen-bond donors (Lipinski definition) is 1. The van der Waals surface area contributed by atoms with Gasteiger partial charge in [-0.25, -0.2) is 4.98 Å². The van der Waals surface area contributed by atoms with Crippen LogP contribution in [0.1, 0.15) is 11.4 Å². The van der Waals surface area contributed by atoms with E-state index >= 15 is 0 Å². The second-order valence-electron chi connectivity index (χ2n) is 3.83. The van der Waals surface area contributed by atoms with Gasteiger partial charge in [0.1, 0.15) is 17.1 Å². The lowest BCUT2D eigenvalue weighted by Crippen LogP contribution is -1.99. The number of nitrogens with zero attached hydrogens (tertiary/aromatic N) is 1. The van der Waals surface area contributed by atoms with E-state index in [0.717, 1.165) is 17.1 Å². The first-order chi connectivity index (χ1) is 8.20. The lowest BCUT2D eigenvalue weighted by Gasteiger charge is -2.08. The van der Waals surface area contributed by atoms with Gasteiger partial charge in [-0.2, -0.15) is 0 Å². The van der Waals surface area contributed by atoms with Gasteiger partial charge in [0.15, 0.2) is 0 Å². The van der Waals surface area contributed by atoms with Crippen LogP contribution >= 0.6 is 12.2 Å². The Labute approximate surface area is 105 Å². The molecule has 1 aromatic heterocycles. The van der Waals surface area contributed by atoms with Gasteiger partial charge in [0.25, 0.3) is 0 Å². The van der Waals surface area contributed by atoms with Gasteiger partial charge in [0, 0.05) is 12.7 Å². The summed E-state index contributed by atoms with van der Waals surface area (Å²) in [5.41, 5.74) is 3.32. The van der Waals surface area contributed by atoms with Crippen molar-refractivity contribution in [3.8, 4) is 11.3 Å². The number of methoxy groups -OCH3 is 1. The highest BCUT2D eigenvalue weighted by Crippen LogP contribution is 2.20. The molecule has 0 spiro atoms. The summed E-state index contributed by atoms with van der Waals surface area (Å²) in [5.74, 6) is 0.748. The third-order valence-corrected chi connectivity index (χ3v) is 2.72. The molecule has 1 N–H and O–H groups in total. The van der Waals surface area contributed by atoms with Gasteiger partial charge in [-0.3, -0.25) is 0 Å². The minimum Gasteiger partial charge on any atom is -0.377 e. The molecule has 4 heteroatoms. The maximum absolute atomic E-state index is 5.16. The molecule has 17 heavy (non-hydrogen) atoms. The fraction of sp³-hybridized carbons (Fsp3) is 0.231. The van der Waals surface area contributed by atoms with Crippen LogP contribution in [0.3, 0.4) is 0 Å². The van der Waals surface area contributed by atoms with E-state index < -0.39 is 0 Å². The minimum atomic E-state index is 0.434. The van der Waals surface area contributed by atoms with Crippen molar-refractivity contribution in [2.45, 2.75) is 13.5 Å². The number of benzene rings is 1. The second-order valence-corrected chi connectivity index (χ2v) is 4.25. The van der Waals surface area contributed by atoms with E-state index in [2.05, 4.69) is 29.0 Å². The van der Waals surface area contributed by atoms with Gasteiger partial charge >= 0.3 is 0 Å². The van der Waals surface area contributed by atoms with Crippen molar-refractivity contribution in [2.24, 2.45) is 0 Å². The van der Waals surface area contributed by atoms with Crippen molar-refractivity contribution in [2.75, 3.05) is 7.11 Å². The normalized spacial score (nSPS) is 10.5. The zero-order chi connectivity index (χ0) is 12.3. The molecule has 0 aliphatic heterocycles. The Balaban J connectivity index is 2.52. The summed E-state index contributed by atoms with van der Waals surface area (Å²) in [5, 5.41) is 0. The van der Waals surface area contributed by atoms with E-state index in [-0.39, 0.29) is 0 Å². The summed E-state index contributed by atoms with van der Waals surface area (Å²) in [7, 11) is 1.64. The molecule has 1 aromatic carbocycles. The van der Waals surface area contributed by atoms with Gasteiger partial charge in [-0.05, 0) is 18.6 Å². The van der Waals surface area contributed by atoms with E-state index in [1.807, 2.05) is 18.2 Å². The van der Waals surface area contributed by atoms with E-state index in [1.165, 1.54) is 5.56 Å². The minimum absolute atomic E-state index is 0.434. The summed E-state index contributed by atoms with van der Waals surface area (Å²) in [6, 6.07) is 10.0. The highest BCUT2D eigenvalue weighted by molar-refractivity contribution is 7.71. The van der Waals surface area contributed by atoms with Crippen molar-refractivity contribution in [1.82, 2.24) is 9.97 Å². The summed E-state index contributed by atoms with van der Waals surface area (Å²) in [4.78, 5) is 7.45. The van der Waals surface area contributed by atoms with Gasteiger partial charge in [0.05, 0.1) is 5.69 Å². The third kappa shape index (κ3) is 2.78. The molecule has 0 aliphatic carbocycles. The van der Waals surface area contributed by atoms with Crippen LogP contribution in [-0.2, 0) is 11.3 Å². The molecule has 0 saturated heterocycles. The van der Waals surface area contributed by atoms with Crippen LogP contribution in [0.15, 0.2) is 30.3 Å². The lowest BCUT2D eigenvalue weighted by atomic mass is 10.1. The molecule has 2 rings (SSSR count). The highest BCUT2D eigenvalue weighted by Gasteiger charge is 2.04. The Morgan fingerprint density at radius 3 is 2.82 bits per heavy atom. The summed E-state index contributed by atoms with van der Waals surface area (Å²) >= 11 is 5.16. The van der Waals surface area contributed by atoms with Crippen LogP contribution in [0, 0.1) is 11.6 Å². The number of aryl methyl sites for hydroxylation is 1. The van der Waals surface area contributed by atoms with E-state index in [0.29, 0.717) is 11.2 Å². The molecule has 88 valence electrons. The molecule has 0 bridgehead atoms. The number of aromatic nitrogens is 2. The SMILES string of the molecule is COCc1nc(=S)cc(-c2ccccc2C)[nH]1. The average Bonchev–Trinajstić information content (AvgIpc) is 2.29. The predicted molar refractivity (Wildman–Crippen MR) is 70.3 cm³/mol. The van der Waals surface area contributed by atoms with E-state index in [4.69, 9.17) is 17.0 Å². The van der Waals surface area contributed by atoms with Crippen molar-refractivity contribution in [3.05, 3.63) is 46.4 Å². The first kappa shape index (κ1) is 12.0. The maximum atomic E-state index is 5.16. The smallest absolute Gasteiger partial charge is 0.134 e. The van der Waals surface area contributed by atoms with Crippen LogP contribution in [0.4, 0.5) is 0 Å². The molecule has 1 heterocycles. The number of nitrogens with one attached hydrogen (secondary N) is 1. The van der Waals surface area contributed by atoms with Gasteiger partial charge in [0.2, 0.25) is 0 Å². The fourth-order valence-electron chi connectivity index (χ4n) is 1.73. The third-order valence-electron chi connectivity index (χ3n) is 2.51. The Morgan fingerprint density at radius 2 is 2.12 bits per heavy atom. The lowest BCUT2D eigenvalue weighted by molar-refractivity contribution is 0.177. The summed E-state index contributed by atoms with van der Waals surface area (Å²) in [6.45, 7) is 2.51. The first-order valence-corrected chi connectivity index (χ1v) is 5.76. The quantitative estimate of drug-likeness (QED) is 0.845. The van der Waals surface area contributed by atoms with Crippen LogP contribution in [-0.4, -0.2) is 17.1 Å². The largest absolute Gasteiger partial charge is 0.377 e. The van der Waals surface area contributed by atoms with Crippen molar-refractivity contribution < 1.29 is 4.74 Å². The summed E-state index contributed by atoms with van der Waals surface area (Å²) < 4.78 is 5.64. The number of hydrogen-bond acceptors (Lipinski definition) is 3. The van der Waals surface area contributed by atoms with Crippen molar-refractivity contribution in [1.29, 1.82) is 0 Å². The van der Waals surface area contributed by atoms with E-state index in [9.17, 15) is 0 Å². The Hall–Kier alpha value is -1.52. The number of H-pyrrole nitrogens is 1. The zero-order valence-corrected chi connectivity index (χ0v) is 10.7. The zero-order valence-electron chi connectivity index (χ0n) is 9.86. The van der Waals surface area contributed by atoms with Crippen molar-refractivity contribution >= 4 is 12.2 Å². The van der Waals surface area contributed by atoms with Crippen LogP contribution < -0.4 is 0 Å². The molecule has 0 radical (unpaired) electrons. The number of rotatable bonds is 3. The molecule has 0 aliphatic rings. The Kier molecular flexibility index (Phi) is 3.66. The Morgan fingerprint density at radius 1 is 1.35 bits per heavy atom. The van der Waals surface area contributed by atoms with Crippen molar-refractivity contribution in [3.63, 3.8) is 0 Å². The molecule has 0 atom stereocenters. The molecule has 0 amide bonds. The van der Waals surface area contributed by atoms with E-state index in [1.54, 1.807) is 7.11 Å². The molecular weight excluding hydrogens is 232 g/mol. The van der Waals surface area contributed by atoms with Gasteiger partial charge in [-0.15, -0.1) is 0 Å². The predicted octanol–water partition coefficient (Wildman–Crippen LogP) is 3.26. The standard InChI is InChI=1S/C13H14N2OS/c1-9-5-3-4-6-10(9)11-7-13(17)15-12(14-11)8-16-2/h3-7H,8H2,1-2H3,(H,14,15,17). The molecule has 3 nitrogen and oxygen atoms in total. The fourth-order valence-corrected chi connectivity index (χ4v) is 1.96. The molecule has 0 fully saturated rings. The van der Waals surface area contributed by atoms with Crippen LogP contribution in [0.5, 0.6) is 0 Å². The number of aromatic amines is 1. The van der Waals surface area contributed by atoms with Gasteiger partial charge < -0.3 is 9.72 Å². The molecule has 0 saturated carbocycles. The highest BCUT2D eigenvalue weighted by atomic mass is 32.1. The van der Waals surface area contributed by atoms with Crippen LogP contribution in [0.2, 0.25) is 0 Å². The molecule has 2 aromatic rings. The first-order valence-electron chi connectivity index (χ1n) is 5.36. The second kappa shape index (κ2) is 5.21. The van der Waals surface area contributed by atoms with Crippen LogP contribution in [0.25, 0.3) is 11.3 Å². The topological polar surface area (TPSA) is 37.9 Å². The average molecular weight is 246 g/mol. The van der Waals surface area contributed by atoms with Gasteiger partial charge in [-0.1, -0.05) is 36.5 Å².